The summed E-state index contributed by atoms with van der Waals surface area (Å²) in [4.78, 5) is 12.4. The van der Waals surface area contributed by atoms with Gasteiger partial charge < -0.3 is 9.64 Å². The summed E-state index contributed by atoms with van der Waals surface area (Å²) in [6.07, 6.45) is 0.917. The number of halogens is 2. The molecule has 1 rings (SSSR count). The minimum atomic E-state index is -1.02. The second kappa shape index (κ2) is 4.48. The Balaban J connectivity index is 2.91. The second-order valence-corrected chi connectivity index (χ2v) is 5.36. The summed E-state index contributed by atoms with van der Waals surface area (Å²) >= 11 is 11.2. The van der Waals surface area contributed by atoms with Crippen LogP contribution in [0.3, 0.4) is 0 Å². The molecule has 0 radical (unpaired) electrons. The van der Waals surface area contributed by atoms with E-state index in [-0.39, 0.29) is 18.1 Å². The zero-order chi connectivity index (χ0) is 11.8. The number of amides is 1. The zero-order valence-electron chi connectivity index (χ0n) is 9.46. The number of carbonyl (C=O) groups is 1. The molecule has 1 fully saturated rings. The fourth-order valence-electron chi connectivity index (χ4n) is 2.18. The fourth-order valence-corrected chi connectivity index (χ4v) is 2.39. The van der Waals surface area contributed by atoms with Crippen LogP contribution in [0.1, 0.15) is 34.1 Å². The number of nitrogens with zero attached hydrogens (tertiary/aromatic N) is 1. The van der Waals surface area contributed by atoms with E-state index in [0.29, 0.717) is 0 Å². The molecule has 0 aromatic heterocycles. The van der Waals surface area contributed by atoms with Crippen molar-refractivity contribution in [2.24, 2.45) is 0 Å². The van der Waals surface area contributed by atoms with Crippen molar-refractivity contribution in [1.82, 2.24) is 4.90 Å². The Morgan fingerprint density at radius 3 is 2.40 bits per heavy atom. The molecule has 2 unspecified atom stereocenters. The summed E-state index contributed by atoms with van der Waals surface area (Å²) in [6.45, 7) is 7.70. The number of rotatable bonds is 2. The topological polar surface area (TPSA) is 29.5 Å². The van der Waals surface area contributed by atoms with Gasteiger partial charge in [0.05, 0.1) is 12.1 Å². The van der Waals surface area contributed by atoms with Gasteiger partial charge in [0.2, 0.25) is 0 Å². The maximum atomic E-state index is 11.8. The smallest absolute Gasteiger partial charge is 0.258 e. The molecule has 0 aromatic rings. The van der Waals surface area contributed by atoms with Gasteiger partial charge in [-0.3, -0.25) is 4.79 Å². The van der Waals surface area contributed by atoms with Crippen LogP contribution in [0, 0.1) is 0 Å². The molecule has 0 spiro atoms. The Labute approximate surface area is 101 Å². The van der Waals surface area contributed by atoms with Crippen LogP contribution in [0.15, 0.2) is 0 Å². The number of hydrogen-bond donors (Lipinski definition) is 0. The van der Waals surface area contributed by atoms with Gasteiger partial charge >= 0.3 is 0 Å². The number of alkyl halides is 2. The first-order valence-electron chi connectivity index (χ1n) is 5.10. The first-order valence-corrected chi connectivity index (χ1v) is 5.97. The lowest BCUT2D eigenvalue weighted by Gasteiger charge is -2.32. The maximum absolute atomic E-state index is 11.8. The van der Waals surface area contributed by atoms with E-state index in [2.05, 4.69) is 0 Å². The molecule has 5 heteroatoms. The van der Waals surface area contributed by atoms with Crippen LogP contribution < -0.4 is 0 Å². The normalized spacial score (nSPS) is 29.9. The van der Waals surface area contributed by atoms with Crippen LogP contribution in [0.5, 0.6) is 0 Å². The van der Waals surface area contributed by atoms with E-state index >= 15 is 0 Å². The minimum absolute atomic E-state index is 0.0116. The summed E-state index contributed by atoms with van der Waals surface area (Å²) in [7, 11) is 0. The van der Waals surface area contributed by atoms with Crippen LogP contribution in [0.2, 0.25) is 0 Å². The molecule has 1 saturated heterocycles. The van der Waals surface area contributed by atoms with Crippen LogP contribution in [0.4, 0.5) is 0 Å². The SMILES string of the molecule is CCC1OC(C)(C)N(C(=O)C(Cl)Cl)C1C. The second-order valence-electron chi connectivity index (χ2n) is 4.26. The average molecular weight is 254 g/mol. The Kier molecular flexibility index (Phi) is 3.90. The Bertz CT molecular complexity index is 256. The van der Waals surface area contributed by atoms with Crippen molar-refractivity contribution < 1.29 is 9.53 Å². The Morgan fingerprint density at radius 2 is 2.07 bits per heavy atom. The molecule has 0 aliphatic carbocycles. The van der Waals surface area contributed by atoms with Gasteiger partial charge in [-0.25, -0.2) is 0 Å². The maximum Gasteiger partial charge on any atom is 0.258 e. The summed E-state index contributed by atoms with van der Waals surface area (Å²) < 4.78 is 5.78. The zero-order valence-corrected chi connectivity index (χ0v) is 11.0. The van der Waals surface area contributed by atoms with E-state index in [1.165, 1.54) is 0 Å². The summed E-state index contributed by atoms with van der Waals surface area (Å²) in [6, 6.07) is 0.0116. The van der Waals surface area contributed by atoms with Gasteiger partial charge in [0.25, 0.3) is 5.91 Å². The standard InChI is InChI=1S/C10H17Cl2NO2/c1-5-7-6(2)13(9(14)8(11)12)10(3,4)15-7/h6-8H,5H2,1-4H3. The van der Waals surface area contributed by atoms with E-state index < -0.39 is 10.6 Å². The molecule has 0 N–H and O–H groups in total. The Hall–Kier alpha value is 0.01000. The van der Waals surface area contributed by atoms with Crippen molar-refractivity contribution in [3.05, 3.63) is 0 Å². The highest BCUT2D eigenvalue weighted by Crippen LogP contribution is 2.34. The van der Waals surface area contributed by atoms with Gasteiger partial charge in [0.1, 0.15) is 5.72 Å². The minimum Gasteiger partial charge on any atom is -0.351 e. The summed E-state index contributed by atoms with van der Waals surface area (Å²) in [5.41, 5.74) is -0.626. The summed E-state index contributed by atoms with van der Waals surface area (Å²) in [5.74, 6) is -0.285. The van der Waals surface area contributed by atoms with Gasteiger partial charge in [-0.1, -0.05) is 30.1 Å². The third-order valence-corrected chi connectivity index (χ3v) is 3.17. The molecule has 0 saturated carbocycles. The number of carbonyl (C=O) groups excluding carboxylic acids is 1. The number of ether oxygens (including phenoxy) is 1. The van der Waals surface area contributed by atoms with Crippen molar-refractivity contribution in [3.63, 3.8) is 0 Å². The molecule has 1 heterocycles. The van der Waals surface area contributed by atoms with Crippen molar-refractivity contribution in [2.75, 3.05) is 0 Å². The molecule has 0 aromatic carbocycles. The van der Waals surface area contributed by atoms with Crippen LogP contribution in [0.25, 0.3) is 0 Å². The average Bonchev–Trinajstić information content (AvgIpc) is 2.35. The highest BCUT2D eigenvalue weighted by Gasteiger charge is 2.47. The van der Waals surface area contributed by atoms with Crippen molar-refractivity contribution >= 4 is 29.1 Å². The van der Waals surface area contributed by atoms with Gasteiger partial charge in [-0.2, -0.15) is 0 Å². The van der Waals surface area contributed by atoms with Gasteiger partial charge in [-0.15, -0.1) is 0 Å². The van der Waals surface area contributed by atoms with Crippen molar-refractivity contribution in [2.45, 2.75) is 56.8 Å². The molecule has 3 nitrogen and oxygen atoms in total. The van der Waals surface area contributed by atoms with Crippen LogP contribution in [-0.4, -0.2) is 33.5 Å². The lowest BCUT2D eigenvalue weighted by molar-refractivity contribution is -0.145. The monoisotopic (exact) mass is 253 g/mol. The van der Waals surface area contributed by atoms with Gasteiger partial charge in [-0.05, 0) is 27.2 Å². The molecular weight excluding hydrogens is 237 g/mol. The molecule has 1 amide bonds. The molecular formula is C10H17Cl2NO2. The molecule has 88 valence electrons. The van der Waals surface area contributed by atoms with Crippen molar-refractivity contribution in [3.8, 4) is 0 Å². The lowest BCUT2D eigenvalue weighted by Crippen LogP contribution is -2.49. The van der Waals surface area contributed by atoms with E-state index in [4.69, 9.17) is 27.9 Å². The highest BCUT2D eigenvalue weighted by molar-refractivity contribution is 6.53. The first kappa shape index (κ1) is 13.1. The lowest BCUT2D eigenvalue weighted by atomic mass is 10.1. The van der Waals surface area contributed by atoms with E-state index in [1.54, 1.807) is 4.90 Å². The van der Waals surface area contributed by atoms with E-state index in [0.717, 1.165) is 6.42 Å². The van der Waals surface area contributed by atoms with Gasteiger partial charge in [0, 0.05) is 0 Å². The van der Waals surface area contributed by atoms with Crippen molar-refractivity contribution in [1.29, 1.82) is 0 Å². The molecule has 2 atom stereocenters. The molecule has 0 bridgehead atoms. The predicted octanol–water partition coefficient (Wildman–Crippen LogP) is 2.55. The number of hydrogen-bond acceptors (Lipinski definition) is 2. The first-order chi connectivity index (χ1) is 6.81. The quantitative estimate of drug-likeness (QED) is 0.709. The molecule has 1 aliphatic heterocycles. The van der Waals surface area contributed by atoms with Gasteiger partial charge in [0.15, 0.2) is 4.84 Å². The van der Waals surface area contributed by atoms with E-state index in [1.807, 2.05) is 27.7 Å². The fraction of sp³-hybridized carbons (Fsp3) is 0.900. The van der Waals surface area contributed by atoms with Crippen LogP contribution >= 0.6 is 23.2 Å². The third kappa shape index (κ3) is 2.40. The van der Waals surface area contributed by atoms with Crippen LogP contribution in [-0.2, 0) is 9.53 Å². The summed E-state index contributed by atoms with van der Waals surface area (Å²) in [5, 5.41) is 0. The highest BCUT2D eigenvalue weighted by atomic mass is 35.5. The Morgan fingerprint density at radius 1 is 1.53 bits per heavy atom. The third-order valence-electron chi connectivity index (χ3n) is 2.79. The molecule has 1 aliphatic rings. The molecule has 15 heavy (non-hydrogen) atoms. The van der Waals surface area contributed by atoms with E-state index in [9.17, 15) is 4.79 Å². The predicted molar refractivity (Wildman–Crippen MR) is 61.0 cm³/mol. The largest absolute Gasteiger partial charge is 0.351 e.